The molecule has 0 atom stereocenters. The highest BCUT2D eigenvalue weighted by Crippen LogP contribution is 2.17. The third-order valence-corrected chi connectivity index (χ3v) is 3.18. The summed E-state index contributed by atoms with van der Waals surface area (Å²) >= 11 is 0. The van der Waals surface area contributed by atoms with Crippen LogP contribution in [0.25, 0.3) is 0 Å². The van der Waals surface area contributed by atoms with Gasteiger partial charge in [0.15, 0.2) is 0 Å². The molecule has 106 valence electrons. The smallest absolute Gasteiger partial charge is 0.229 e. The van der Waals surface area contributed by atoms with Crippen molar-refractivity contribution >= 4 is 11.6 Å². The minimum Gasteiger partial charge on any atom is -0.361 e. The van der Waals surface area contributed by atoms with Gasteiger partial charge < -0.3 is 15.2 Å². The summed E-state index contributed by atoms with van der Waals surface area (Å²) in [7, 11) is 1.88. The molecule has 0 bridgehead atoms. The van der Waals surface area contributed by atoms with E-state index in [2.05, 4.69) is 15.8 Å². The Hall–Kier alpha value is -2.14. The molecular formula is C15H19N3O2. The Kier molecular flexibility index (Phi) is 4.53. The summed E-state index contributed by atoms with van der Waals surface area (Å²) < 4.78 is 5.07. The Morgan fingerprint density at radius 2 is 2.05 bits per heavy atom. The van der Waals surface area contributed by atoms with Gasteiger partial charge in [-0.05, 0) is 32.5 Å². The summed E-state index contributed by atoms with van der Waals surface area (Å²) in [5, 5.41) is 9.88. The Labute approximate surface area is 118 Å². The van der Waals surface area contributed by atoms with E-state index in [4.69, 9.17) is 4.52 Å². The quantitative estimate of drug-likeness (QED) is 0.876. The maximum absolute atomic E-state index is 12.1. The number of aromatic nitrogens is 1. The molecule has 0 unspecified atom stereocenters. The van der Waals surface area contributed by atoms with Gasteiger partial charge >= 0.3 is 0 Å². The fraction of sp³-hybridized carbons (Fsp3) is 0.333. The fourth-order valence-corrected chi connectivity index (χ4v) is 2.10. The van der Waals surface area contributed by atoms with E-state index in [1.165, 1.54) is 0 Å². The lowest BCUT2D eigenvalue weighted by Crippen LogP contribution is -2.17. The van der Waals surface area contributed by atoms with Gasteiger partial charge in [0.05, 0.1) is 12.1 Å². The summed E-state index contributed by atoms with van der Waals surface area (Å²) in [5.41, 5.74) is 3.51. The van der Waals surface area contributed by atoms with Gasteiger partial charge in [0, 0.05) is 17.8 Å². The Bertz CT molecular complexity index is 585. The molecule has 1 amide bonds. The van der Waals surface area contributed by atoms with Gasteiger partial charge in [0.2, 0.25) is 5.91 Å². The molecule has 5 heteroatoms. The van der Waals surface area contributed by atoms with Crippen molar-refractivity contribution in [3.8, 4) is 0 Å². The van der Waals surface area contributed by atoms with Crippen LogP contribution in [0.1, 0.15) is 22.6 Å². The van der Waals surface area contributed by atoms with Crippen molar-refractivity contribution in [1.29, 1.82) is 0 Å². The highest BCUT2D eigenvalue weighted by atomic mass is 16.5. The summed E-state index contributed by atoms with van der Waals surface area (Å²) in [6.07, 6.45) is 0.273. The van der Waals surface area contributed by atoms with E-state index < -0.39 is 0 Å². The molecule has 1 aromatic carbocycles. The summed E-state index contributed by atoms with van der Waals surface area (Å²) in [4.78, 5) is 12.1. The topological polar surface area (TPSA) is 67.2 Å². The molecule has 0 saturated heterocycles. The van der Waals surface area contributed by atoms with Crippen molar-refractivity contribution in [2.24, 2.45) is 0 Å². The first-order valence-corrected chi connectivity index (χ1v) is 6.56. The van der Waals surface area contributed by atoms with Crippen molar-refractivity contribution in [2.45, 2.75) is 26.8 Å². The second-order valence-electron chi connectivity index (χ2n) is 4.72. The van der Waals surface area contributed by atoms with E-state index in [0.29, 0.717) is 12.3 Å². The largest absolute Gasteiger partial charge is 0.361 e. The lowest BCUT2D eigenvalue weighted by atomic mass is 10.1. The average Bonchev–Trinajstić information content (AvgIpc) is 2.73. The van der Waals surface area contributed by atoms with E-state index in [9.17, 15) is 4.79 Å². The number of rotatable bonds is 5. The minimum absolute atomic E-state index is 0.0667. The molecule has 0 aliphatic carbocycles. The molecule has 0 fully saturated rings. The number of nitrogens with zero attached hydrogens (tertiary/aromatic N) is 1. The SMILES string of the molecule is CNCc1ccccc1NC(=O)Cc1c(C)noc1C. The number of carbonyl (C=O) groups excluding carboxylic acids is 1. The Balaban J connectivity index is 2.09. The number of para-hydroxylation sites is 1. The molecule has 2 aromatic rings. The molecule has 0 aliphatic heterocycles. The van der Waals surface area contributed by atoms with Crippen LogP contribution in [0.15, 0.2) is 28.8 Å². The number of carbonyl (C=O) groups is 1. The van der Waals surface area contributed by atoms with Crippen LogP contribution in [0.4, 0.5) is 5.69 Å². The van der Waals surface area contributed by atoms with Gasteiger partial charge in [-0.25, -0.2) is 0 Å². The number of hydrogen-bond donors (Lipinski definition) is 2. The molecule has 5 nitrogen and oxygen atoms in total. The van der Waals surface area contributed by atoms with Crippen LogP contribution in [-0.2, 0) is 17.8 Å². The molecule has 0 aliphatic rings. The van der Waals surface area contributed by atoms with E-state index in [-0.39, 0.29) is 12.3 Å². The second kappa shape index (κ2) is 6.34. The van der Waals surface area contributed by atoms with Crippen molar-refractivity contribution in [3.63, 3.8) is 0 Å². The lowest BCUT2D eigenvalue weighted by molar-refractivity contribution is -0.115. The van der Waals surface area contributed by atoms with Crippen LogP contribution in [0.5, 0.6) is 0 Å². The van der Waals surface area contributed by atoms with Crippen LogP contribution in [0.3, 0.4) is 0 Å². The zero-order valence-corrected chi connectivity index (χ0v) is 12.0. The molecule has 2 N–H and O–H groups in total. The number of aryl methyl sites for hydroxylation is 2. The second-order valence-corrected chi connectivity index (χ2v) is 4.72. The average molecular weight is 273 g/mol. The predicted molar refractivity (Wildman–Crippen MR) is 77.5 cm³/mol. The molecule has 2 rings (SSSR count). The van der Waals surface area contributed by atoms with Crippen LogP contribution in [-0.4, -0.2) is 18.1 Å². The van der Waals surface area contributed by atoms with Crippen molar-refractivity contribution in [3.05, 3.63) is 46.8 Å². The van der Waals surface area contributed by atoms with Gasteiger partial charge in [-0.3, -0.25) is 4.79 Å². The van der Waals surface area contributed by atoms with Crippen molar-refractivity contribution < 1.29 is 9.32 Å². The highest BCUT2D eigenvalue weighted by Gasteiger charge is 2.14. The van der Waals surface area contributed by atoms with Crippen LogP contribution in [0, 0.1) is 13.8 Å². The van der Waals surface area contributed by atoms with E-state index in [1.54, 1.807) is 0 Å². The van der Waals surface area contributed by atoms with Gasteiger partial charge in [-0.1, -0.05) is 23.4 Å². The Morgan fingerprint density at radius 1 is 1.30 bits per heavy atom. The number of nitrogens with one attached hydrogen (secondary N) is 2. The lowest BCUT2D eigenvalue weighted by Gasteiger charge is -2.10. The first-order valence-electron chi connectivity index (χ1n) is 6.56. The van der Waals surface area contributed by atoms with Gasteiger partial charge in [-0.2, -0.15) is 0 Å². The maximum atomic E-state index is 12.1. The van der Waals surface area contributed by atoms with Crippen LogP contribution < -0.4 is 10.6 Å². The zero-order chi connectivity index (χ0) is 14.5. The molecular weight excluding hydrogens is 254 g/mol. The third-order valence-electron chi connectivity index (χ3n) is 3.18. The predicted octanol–water partition coefficient (Wildman–Crippen LogP) is 2.19. The van der Waals surface area contributed by atoms with Gasteiger partial charge in [-0.15, -0.1) is 0 Å². The van der Waals surface area contributed by atoms with Gasteiger partial charge in [0.1, 0.15) is 5.76 Å². The van der Waals surface area contributed by atoms with Crippen molar-refractivity contribution in [1.82, 2.24) is 10.5 Å². The fourth-order valence-electron chi connectivity index (χ4n) is 2.10. The monoisotopic (exact) mass is 273 g/mol. The zero-order valence-electron chi connectivity index (χ0n) is 12.0. The molecule has 0 saturated carbocycles. The van der Waals surface area contributed by atoms with E-state index in [0.717, 1.165) is 22.5 Å². The standard InChI is InChI=1S/C15H19N3O2/c1-10-13(11(2)20-18-10)8-15(19)17-14-7-5-4-6-12(14)9-16-3/h4-7,16H,8-9H2,1-3H3,(H,17,19). The minimum atomic E-state index is -0.0667. The molecule has 20 heavy (non-hydrogen) atoms. The van der Waals surface area contributed by atoms with E-state index in [1.807, 2.05) is 45.2 Å². The Morgan fingerprint density at radius 3 is 2.70 bits per heavy atom. The number of hydrogen-bond acceptors (Lipinski definition) is 4. The molecule has 1 aromatic heterocycles. The number of amides is 1. The van der Waals surface area contributed by atoms with E-state index >= 15 is 0 Å². The number of anilines is 1. The first-order chi connectivity index (χ1) is 9.61. The van der Waals surface area contributed by atoms with Crippen LogP contribution >= 0.6 is 0 Å². The van der Waals surface area contributed by atoms with Gasteiger partial charge in [0.25, 0.3) is 0 Å². The summed E-state index contributed by atoms with van der Waals surface area (Å²) in [6, 6.07) is 7.75. The molecule has 0 spiro atoms. The maximum Gasteiger partial charge on any atom is 0.229 e. The summed E-state index contributed by atoms with van der Waals surface area (Å²) in [5.74, 6) is 0.629. The highest BCUT2D eigenvalue weighted by molar-refractivity contribution is 5.93. The number of benzene rings is 1. The first kappa shape index (κ1) is 14.3. The van der Waals surface area contributed by atoms with Crippen LogP contribution in [0.2, 0.25) is 0 Å². The molecule has 1 heterocycles. The summed E-state index contributed by atoms with van der Waals surface area (Å²) in [6.45, 7) is 4.37. The third kappa shape index (κ3) is 3.24. The van der Waals surface area contributed by atoms with Crippen molar-refractivity contribution in [2.75, 3.05) is 12.4 Å². The molecule has 0 radical (unpaired) electrons. The normalized spacial score (nSPS) is 10.6.